The molecule has 0 unspecified atom stereocenters. The molecule has 0 amide bonds. The van der Waals surface area contributed by atoms with Gasteiger partial charge >= 0.3 is 0 Å². The van der Waals surface area contributed by atoms with Gasteiger partial charge in [0.1, 0.15) is 0 Å². The van der Waals surface area contributed by atoms with Crippen LogP contribution in [0.25, 0.3) is 0 Å². The van der Waals surface area contributed by atoms with Crippen molar-refractivity contribution in [3.63, 3.8) is 0 Å². The third-order valence-electron chi connectivity index (χ3n) is 2.92. The summed E-state index contributed by atoms with van der Waals surface area (Å²) < 4.78 is 6.37. The Morgan fingerprint density at radius 2 is 2.13 bits per heavy atom. The van der Waals surface area contributed by atoms with Gasteiger partial charge in [0.15, 0.2) is 0 Å². The second kappa shape index (κ2) is 5.85. The molecule has 1 aromatic carbocycles. The highest BCUT2D eigenvalue weighted by Gasteiger charge is 2.23. The molecule has 1 aliphatic heterocycles. The maximum Gasteiger partial charge on any atom is 0.0693 e. The van der Waals surface area contributed by atoms with Crippen molar-refractivity contribution in [3.8, 4) is 0 Å². The molecule has 2 atom stereocenters. The van der Waals surface area contributed by atoms with Crippen LogP contribution in [0.5, 0.6) is 0 Å². The Kier molecular flexibility index (Phi) is 4.44. The molecule has 1 aliphatic rings. The molecule has 0 aliphatic carbocycles. The van der Waals surface area contributed by atoms with E-state index < -0.39 is 0 Å². The topological polar surface area (TPSA) is 9.23 Å². The van der Waals surface area contributed by atoms with Crippen molar-refractivity contribution in [3.05, 3.63) is 35.9 Å². The molecular formula is C13H17IO. The lowest BCUT2D eigenvalue weighted by atomic mass is 10.0. The van der Waals surface area contributed by atoms with E-state index in [9.17, 15) is 0 Å². The van der Waals surface area contributed by atoms with Gasteiger partial charge in [-0.15, -0.1) is 0 Å². The van der Waals surface area contributed by atoms with Gasteiger partial charge in [0, 0.05) is 10.5 Å². The molecule has 0 spiro atoms. The summed E-state index contributed by atoms with van der Waals surface area (Å²) in [6, 6.07) is 10.7. The van der Waals surface area contributed by atoms with Gasteiger partial charge in [-0.2, -0.15) is 0 Å². The van der Waals surface area contributed by atoms with Crippen molar-refractivity contribution in [1.82, 2.24) is 0 Å². The highest BCUT2D eigenvalue weighted by Crippen LogP contribution is 2.24. The van der Waals surface area contributed by atoms with Gasteiger partial charge in [-0.05, 0) is 31.2 Å². The molecule has 0 aromatic heterocycles. The molecule has 0 N–H and O–H groups in total. The Labute approximate surface area is 105 Å². The number of aryl methyl sites for hydroxylation is 1. The molecule has 1 aromatic rings. The molecule has 0 bridgehead atoms. The number of hydrogen-bond acceptors (Lipinski definition) is 1. The Morgan fingerprint density at radius 1 is 1.33 bits per heavy atom. The number of halogens is 1. The Hall–Kier alpha value is -0.0900. The van der Waals surface area contributed by atoms with Crippen LogP contribution in [0, 0.1) is 0 Å². The summed E-state index contributed by atoms with van der Waals surface area (Å²) in [5.41, 5.74) is 1.44. The fourth-order valence-electron chi connectivity index (χ4n) is 2.02. The zero-order valence-electron chi connectivity index (χ0n) is 8.86. The van der Waals surface area contributed by atoms with Crippen molar-refractivity contribution >= 4 is 22.6 Å². The van der Waals surface area contributed by atoms with Gasteiger partial charge in [0.25, 0.3) is 0 Å². The van der Waals surface area contributed by atoms with E-state index in [0.717, 1.165) is 6.61 Å². The summed E-state index contributed by atoms with van der Waals surface area (Å²) in [4.78, 5) is 0. The maximum absolute atomic E-state index is 5.70. The average molecular weight is 316 g/mol. The van der Waals surface area contributed by atoms with E-state index >= 15 is 0 Å². The molecular weight excluding hydrogens is 299 g/mol. The summed E-state index contributed by atoms with van der Waals surface area (Å²) in [5.74, 6) is 0. The number of hydrogen-bond donors (Lipinski definition) is 0. The molecule has 1 fully saturated rings. The summed E-state index contributed by atoms with van der Waals surface area (Å²) in [6.45, 7) is 0.968. The second-order valence-corrected chi connectivity index (χ2v) is 5.69. The minimum Gasteiger partial charge on any atom is -0.377 e. The van der Waals surface area contributed by atoms with E-state index in [1.54, 1.807) is 0 Å². The minimum atomic E-state index is 0.509. The zero-order chi connectivity index (χ0) is 10.5. The van der Waals surface area contributed by atoms with Gasteiger partial charge in [0.05, 0.1) is 6.10 Å². The smallest absolute Gasteiger partial charge is 0.0693 e. The van der Waals surface area contributed by atoms with Crippen molar-refractivity contribution in [1.29, 1.82) is 0 Å². The molecule has 82 valence electrons. The average Bonchev–Trinajstić information content (AvgIpc) is 2.81. The Balaban J connectivity index is 1.77. The molecule has 15 heavy (non-hydrogen) atoms. The van der Waals surface area contributed by atoms with Crippen LogP contribution in [-0.2, 0) is 11.2 Å². The normalized spacial score (nSPS) is 22.9. The molecule has 2 rings (SSSR count). The lowest BCUT2D eigenvalue weighted by molar-refractivity contribution is 0.110. The quantitative estimate of drug-likeness (QED) is 0.609. The Bertz CT molecular complexity index is 280. The van der Waals surface area contributed by atoms with Crippen LogP contribution in [0.3, 0.4) is 0 Å². The fourth-order valence-corrected chi connectivity index (χ4v) is 2.90. The van der Waals surface area contributed by atoms with Crippen LogP contribution in [0.4, 0.5) is 0 Å². The first kappa shape index (κ1) is 11.4. The first-order valence-corrected chi connectivity index (χ1v) is 6.90. The summed E-state index contributed by atoms with van der Waals surface area (Å²) >= 11 is 2.55. The standard InChI is InChI=1S/C13H17IO/c14-12(13-7-4-10-15-13)9-8-11-5-2-1-3-6-11/h1-3,5-6,12-13H,4,7-10H2/t12-,13-/m1/s1. The molecule has 0 radical (unpaired) electrons. The maximum atomic E-state index is 5.70. The first-order chi connectivity index (χ1) is 7.36. The fraction of sp³-hybridized carbons (Fsp3) is 0.538. The van der Waals surface area contributed by atoms with Crippen molar-refractivity contribution in [2.75, 3.05) is 6.61 Å². The van der Waals surface area contributed by atoms with Gasteiger partial charge in [-0.1, -0.05) is 52.9 Å². The first-order valence-electron chi connectivity index (χ1n) is 5.66. The second-order valence-electron chi connectivity index (χ2n) is 4.09. The molecule has 1 heterocycles. The van der Waals surface area contributed by atoms with E-state index in [1.807, 2.05) is 0 Å². The van der Waals surface area contributed by atoms with Gasteiger partial charge in [0.2, 0.25) is 0 Å². The van der Waals surface area contributed by atoms with Crippen LogP contribution in [0.15, 0.2) is 30.3 Å². The van der Waals surface area contributed by atoms with Gasteiger partial charge < -0.3 is 4.74 Å². The molecule has 2 heteroatoms. The van der Waals surface area contributed by atoms with Crippen LogP contribution < -0.4 is 0 Å². The largest absolute Gasteiger partial charge is 0.377 e. The number of ether oxygens (including phenoxy) is 1. The van der Waals surface area contributed by atoms with E-state index in [0.29, 0.717) is 10.0 Å². The molecule has 1 saturated heterocycles. The third kappa shape index (κ3) is 3.45. The summed E-state index contributed by atoms with van der Waals surface area (Å²) in [6.07, 6.45) is 5.41. The van der Waals surface area contributed by atoms with Gasteiger partial charge in [-0.25, -0.2) is 0 Å². The zero-order valence-corrected chi connectivity index (χ0v) is 11.0. The number of rotatable bonds is 4. The van der Waals surface area contributed by atoms with Crippen molar-refractivity contribution in [2.45, 2.75) is 35.7 Å². The van der Waals surface area contributed by atoms with E-state index in [2.05, 4.69) is 52.9 Å². The lowest BCUT2D eigenvalue weighted by Gasteiger charge is -2.16. The summed E-state index contributed by atoms with van der Waals surface area (Å²) in [5, 5.41) is 0. The third-order valence-corrected chi connectivity index (χ3v) is 4.34. The van der Waals surface area contributed by atoms with E-state index in [4.69, 9.17) is 4.74 Å². The minimum absolute atomic E-state index is 0.509. The number of alkyl halides is 1. The lowest BCUT2D eigenvalue weighted by Crippen LogP contribution is -2.19. The Morgan fingerprint density at radius 3 is 2.80 bits per heavy atom. The van der Waals surface area contributed by atoms with Crippen molar-refractivity contribution in [2.24, 2.45) is 0 Å². The van der Waals surface area contributed by atoms with E-state index in [1.165, 1.54) is 31.2 Å². The SMILES string of the molecule is I[C@H](CCc1ccccc1)[C@H]1CCCO1. The molecule has 0 saturated carbocycles. The van der Waals surface area contributed by atoms with E-state index in [-0.39, 0.29) is 0 Å². The highest BCUT2D eigenvalue weighted by molar-refractivity contribution is 14.1. The highest BCUT2D eigenvalue weighted by atomic mass is 127. The number of benzene rings is 1. The van der Waals surface area contributed by atoms with Crippen molar-refractivity contribution < 1.29 is 4.74 Å². The summed E-state index contributed by atoms with van der Waals surface area (Å²) in [7, 11) is 0. The van der Waals surface area contributed by atoms with Crippen LogP contribution >= 0.6 is 22.6 Å². The van der Waals surface area contributed by atoms with Crippen LogP contribution in [0.1, 0.15) is 24.8 Å². The predicted octanol–water partition coefficient (Wildman–Crippen LogP) is 3.60. The molecule has 1 nitrogen and oxygen atoms in total. The van der Waals surface area contributed by atoms with Crippen LogP contribution in [-0.4, -0.2) is 16.6 Å². The van der Waals surface area contributed by atoms with Crippen LogP contribution in [0.2, 0.25) is 0 Å². The monoisotopic (exact) mass is 316 g/mol. The predicted molar refractivity (Wildman–Crippen MR) is 71.5 cm³/mol. The van der Waals surface area contributed by atoms with Gasteiger partial charge in [-0.3, -0.25) is 0 Å².